The van der Waals surface area contributed by atoms with E-state index in [9.17, 15) is 4.79 Å². The molecule has 2 aromatic rings. The van der Waals surface area contributed by atoms with Crippen molar-refractivity contribution in [1.82, 2.24) is 4.37 Å². The number of hydrogen-bond donors (Lipinski definition) is 1. The maximum absolute atomic E-state index is 11.4. The minimum Gasteiger partial charge on any atom is -0.345 e. The highest BCUT2D eigenvalue weighted by Crippen LogP contribution is 2.31. The second kappa shape index (κ2) is 5.90. The highest BCUT2D eigenvalue weighted by molar-refractivity contribution is 7.11. The van der Waals surface area contributed by atoms with Crippen molar-refractivity contribution < 1.29 is 4.79 Å². The summed E-state index contributed by atoms with van der Waals surface area (Å²) in [6, 6.07) is 9.32. The normalized spacial score (nSPS) is 9.90. The molecule has 0 fully saturated rings. The van der Waals surface area contributed by atoms with Gasteiger partial charge in [0.05, 0.1) is 0 Å². The Morgan fingerprint density at radius 2 is 2.30 bits per heavy atom. The van der Waals surface area contributed by atoms with Gasteiger partial charge >= 0.3 is 0 Å². The van der Waals surface area contributed by atoms with Gasteiger partial charge in [0.15, 0.2) is 5.15 Å². The maximum atomic E-state index is 11.4. The number of hydrogen-bond acceptors (Lipinski definition) is 5. The van der Waals surface area contributed by atoms with Crippen LogP contribution in [0.15, 0.2) is 24.3 Å². The molecular weight excluding hydrogens is 296 g/mol. The Hall–Kier alpha value is -2.10. The Labute approximate surface area is 125 Å². The molecule has 0 aliphatic heterocycles. The van der Waals surface area contributed by atoms with E-state index in [4.69, 9.17) is 16.9 Å². The number of rotatable bonds is 3. The maximum Gasteiger partial charge on any atom is 0.223 e. The van der Waals surface area contributed by atoms with Crippen LogP contribution < -0.4 is 10.2 Å². The molecule has 1 aromatic carbocycles. The Kier molecular flexibility index (Phi) is 4.23. The van der Waals surface area contributed by atoms with Crippen molar-refractivity contribution in [2.45, 2.75) is 6.92 Å². The van der Waals surface area contributed by atoms with Gasteiger partial charge in [0.1, 0.15) is 16.6 Å². The van der Waals surface area contributed by atoms with E-state index in [2.05, 4.69) is 9.69 Å². The van der Waals surface area contributed by atoms with Gasteiger partial charge in [-0.25, -0.2) is 0 Å². The summed E-state index contributed by atoms with van der Waals surface area (Å²) in [7, 11) is 1.70. The molecule has 1 amide bonds. The number of halogens is 1. The van der Waals surface area contributed by atoms with E-state index in [-0.39, 0.29) is 11.1 Å². The van der Waals surface area contributed by atoms with Crippen molar-refractivity contribution in [3.8, 4) is 6.07 Å². The lowest BCUT2D eigenvalue weighted by molar-refractivity contribution is -0.116. The third-order valence-electron chi connectivity index (χ3n) is 2.73. The zero-order valence-corrected chi connectivity index (χ0v) is 12.4. The van der Waals surface area contributed by atoms with Crippen molar-refractivity contribution in [2.75, 3.05) is 17.3 Å². The first-order valence-corrected chi connectivity index (χ1v) is 6.84. The molecule has 0 radical (unpaired) electrons. The number of benzene rings is 1. The zero-order valence-electron chi connectivity index (χ0n) is 10.8. The number of carbonyl (C=O) groups is 1. The lowest BCUT2D eigenvalue weighted by atomic mass is 10.2. The van der Waals surface area contributed by atoms with E-state index >= 15 is 0 Å². The molecule has 1 aromatic heterocycles. The van der Waals surface area contributed by atoms with Gasteiger partial charge in [-0.15, -0.1) is 0 Å². The first kappa shape index (κ1) is 14.3. The first-order valence-electron chi connectivity index (χ1n) is 5.69. The number of aromatic nitrogens is 1. The largest absolute Gasteiger partial charge is 0.345 e. The Bertz CT molecular complexity index is 692. The Morgan fingerprint density at radius 1 is 1.55 bits per heavy atom. The summed E-state index contributed by atoms with van der Waals surface area (Å²) < 4.78 is 3.93. The summed E-state index contributed by atoms with van der Waals surface area (Å²) in [6.07, 6.45) is 0. The summed E-state index contributed by atoms with van der Waals surface area (Å²) in [5, 5.41) is 12.9. The van der Waals surface area contributed by atoms with E-state index in [0.29, 0.717) is 10.6 Å². The quantitative estimate of drug-likeness (QED) is 0.943. The SMILES string of the molecule is CC(=O)N(C)c1cccc(Nc2snc(Cl)c2C#N)c1. The monoisotopic (exact) mass is 306 g/mol. The number of nitrogens with zero attached hydrogens (tertiary/aromatic N) is 3. The third kappa shape index (κ3) is 2.90. The molecule has 0 aliphatic rings. The summed E-state index contributed by atoms with van der Waals surface area (Å²) >= 11 is 6.94. The molecule has 0 saturated carbocycles. The third-order valence-corrected chi connectivity index (χ3v) is 3.86. The molecule has 5 nitrogen and oxygen atoms in total. The summed E-state index contributed by atoms with van der Waals surface area (Å²) in [5.74, 6) is -0.0549. The number of nitrogens with one attached hydrogen (secondary N) is 1. The van der Waals surface area contributed by atoms with Crippen LogP contribution in [-0.2, 0) is 4.79 Å². The van der Waals surface area contributed by atoms with Crippen LogP contribution in [0.1, 0.15) is 12.5 Å². The van der Waals surface area contributed by atoms with Crippen molar-refractivity contribution >= 4 is 45.4 Å². The average molecular weight is 307 g/mol. The van der Waals surface area contributed by atoms with Crippen LogP contribution >= 0.6 is 23.1 Å². The molecule has 0 bridgehead atoms. The molecule has 2 rings (SSSR count). The minimum atomic E-state index is -0.0549. The van der Waals surface area contributed by atoms with Gasteiger partial charge in [-0.1, -0.05) is 17.7 Å². The molecule has 0 aliphatic carbocycles. The molecule has 0 saturated heterocycles. The summed E-state index contributed by atoms with van der Waals surface area (Å²) in [6.45, 7) is 1.50. The molecule has 0 atom stereocenters. The number of amides is 1. The molecule has 1 heterocycles. The predicted molar refractivity (Wildman–Crippen MR) is 80.6 cm³/mol. The van der Waals surface area contributed by atoms with Gasteiger partial charge in [-0.05, 0) is 29.7 Å². The highest BCUT2D eigenvalue weighted by Gasteiger charge is 2.12. The fourth-order valence-corrected chi connectivity index (χ4v) is 2.51. The molecular formula is C13H11ClN4OS. The van der Waals surface area contributed by atoms with Gasteiger partial charge < -0.3 is 10.2 Å². The van der Waals surface area contributed by atoms with Gasteiger partial charge in [-0.3, -0.25) is 4.79 Å². The van der Waals surface area contributed by atoms with Crippen molar-refractivity contribution in [3.63, 3.8) is 0 Å². The van der Waals surface area contributed by atoms with E-state index < -0.39 is 0 Å². The van der Waals surface area contributed by atoms with E-state index in [1.54, 1.807) is 7.05 Å². The topological polar surface area (TPSA) is 69.0 Å². The van der Waals surface area contributed by atoms with Crippen LogP contribution in [-0.4, -0.2) is 17.3 Å². The number of carbonyl (C=O) groups excluding carboxylic acids is 1. The average Bonchev–Trinajstić information content (AvgIpc) is 2.78. The van der Waals surface area contributed by atoms with Crippen LogP contribution in [0.5, 0.6) is 0 Å². The highest BCUT2D eigenvalue weighted by atomic mass is 35.5. The fourth-order valence-electron chi connectivity index (χ4n) is 1.56. The number of anilines is 3. The molecule has 20 heavy (non-hydrogen) atoms. The van der Waals surface area contributed by atoms with Gasteiger partial charge in [0.2, 0.25) is 5.91 Å². The molecule has 0 unspecified atom stereocenters. The standard InChI is InChI=1S/C13H11ClN4OS/c1-8(19)18(2)10-5-3-4-9(6-10)16-13-11(7-15)12(14)17-20-13/h3-6,16H,1-2H3. The lowest BCUT2D eigenvalue weighted by Crippen LogP contribution is -2.22. The molecule has 102 valence electrons. The van der Waals surface area contributed by atoms with Gasteiger partial charge in [0.25, 0.3) is 0 Å². The van der Waals surface area contributed by atoms with Crippen LogP contribution in [0.25, 0.3) is 0 Å². The van der Waals surface area contributed by atoms with Crippen LogP contribution in [0.4, 0.5) is 16.4 Å². The van der Waals surface area contributed by atoms with Crippen molar-refractivity contribution in [2.24, 2.45) is 0 Å². The predicted octanol–water partition coefficient (Wildman–Crippen LogP) is 3.39. The van der Waals surface area contributed by atoms with E-state index in [0.717, 1.165) is 22.9 Å². The zero-order chi connectivity index (χ0) is 14.7. The first-order chi connectivity index (χ1) is 9.52. The molecule has 1 N–H and O–H groups in total. The second-order valence-corrected chi connectivity index (χ2v) is 5.17. The van der Waals surface area contributed by atoms with Crippen molar-refractivity contribution in [1.29, 1.82) is 5.26 Å². The minimum absolute atomic E-state index is 0.0549. The molecule has 7 heteroatoms. The smallest absolute Gasteiger partial charge is 0.223 e. The summed E-state index contributed by atoms with van der Waals surface area (Å²) in [5.41, 5.74) is 1.84. The van der Waals surface area contributed by atoms with Crippen molar-refractivity contribution in [3.05, 3.63) is 35.0 Å². The van der Waals surface area contributed by atoms with Gasteiger partial charge in [-0.2, -0.15) is 9.64 Å². The van der Waals surface area contributed by atoms with E-state index in [1.165, 1.54) is 11.8 Å². The second-order valence-electron chi connectivity index (χ2n) is 4.04. The summed E-state index contributed by atoms with van der Waals surface area (Å²) in [4.78, 5) is 12.9. The fraction of sp³-hybridized carbons (Fsp3) is 0.154. The van der Waals surface area contributed by atoms with Gasteiger partial charge in [0, 0.05) is 25.3 Å². The van der Waals surface area contributed by atoms with E-state index in [1.807, 2.05) is 30.3 Å². The molecule has 0 spiro atoms. The Balaban J connectivity index is 2.29. The Morgan fingerprint density at radius 3 is 2.95 bits per heavy atom. The van der Waals surface area contributed by atoms with Crippen LogP contribution in [0.3, 0.4) is 0 Å². The van der Waals surface area contributed by atoms with Crippen LogP contribution in [0.2, 0.25) is 5.15 Å². The lowest BCUT2D eigenvalue weighted by Gasteiger charge is -2.16. The number of nitriles is 1. The van der Waals surface area contributed by atoms with Crippen LogP contribution in [0, 0.1) is 11.3 Å².